The molecule has 0 unspecified atom stereocenters. The summed E-state index contributed by atoms with van der Waals surface area (Å²) < 4.78 is 2.12. The average molecular weight is 387 g/mol. The van der Waals surface area contributed by atoms with Crippen molar-refractivity contribution in [3.8, 4) is 0 Å². The average Bonchev–Trinajstić information content (AvgIpc) is 3.56. The summed E-state index contributed by atoms with van der Waals surface area (Å²) >= 11 is 0. The number of hydrogen-bond acceptors (Lipinski definition) is 2. The first-order valence-corrected chi connectivity index (χ1v) is 10.4. The van der Waals surface area contributed by atoms with E-state index >= 15 is 0 Å². The summed E-state index contributed by atoms with van der Waals surface area (Å²) in [5.41, 5.74) is 2.96. The number of fused-ring (bicyclic) bond motifs is 1. The van der Waals surface area contributed by atoms with Gasteiger partial charge in [0.1, 0.15) is 5.69 Å². The third-order valence-electron chi connectivity index (χ3n) is 6.02. The Kier molecular flexibility index (Phi) is 4.58. The minimum absolute atomic E-state index is 0.0515. The molecule has 1 aromatic heterocycles. The van der Waals surface area contributed by atoms with Gasteiger partial charge in [-0.05, 0) is 30.5 Å². The molecule has 2 fully saturated rings. The quantitative estimate of drug-likeness (QED) is 0.689. The number of amides is 2. The van der Waals surface area contributed by atoms with Gasteiger partial charge < -0.3 is 14.4 Å². The first-order chi connectivity index (χ1) is 14.2. The zero-order valence-corrected chi connectivity index (χ0v) is 16.5. The van der Waals surface area contributed by atoms with Crippen LogP contribution in [0.5, 0.6) is 0 Å². The molecule has 0 bridgehead atoms. The summed E-state index contributed by atoms with van der Waals surface area (Å²) in [6.07, 6.45) is 2.05. The Labute approximate surface area is 170 Å². The Morgan fingerprint density at radius 2 is 1.48 bits per heavy atom. The van der Waals surface area contributed by atoms with Crippen LogP contribution in [0.1, 0.15) is 28.9 Å². The van der Waals surface area contributed by atoms with Gasteiger partial charge in [0.15, 0.2) is 0 Å². The van der Waals surface area contributed by atoms with Crippen LogP contribution in [0.3, 0.4) is 0 Å². The molecule has 2 amide bonds. The summed E-state index contributed by atoms with van der Waals surface area (Å²) in [4.78, 5) is 29.5. The summed E-state index contributed by atoms with van der Waals surface area (Å²) in [6.45, 7) is 3.14. The maximum absolute atomic E-state index is 13.4. The van der Waals surface area contributed by atoms with E-state index in [1.165, 1.54) is 5.56 Å². The van der Waals surface area contributed by atoms with Gasteiger partial charge in [-0.25, -0.2) is 0 Å². The minimum Gasteiger partial charge on any atom is -0.339 e. The highest BCUT2D eigenvalue weighted by molar-refractivity contribution is 5.99. The topological polar surface area (TPSA) is 45.6 Å². The number of nitrogens with zero attached hydrogens (tertiary/aromatic N) is 3. The van der Waals surface area contributed by atoms with Gasteiger partial charge in [-0.1, -0.05) is 48.5 Å². The molecule has 5 nitrogen and oxygen atoms in total. The summed E-state index contributed by atoms with van der Waals surface area (Å²) in [5.74, 6) is 0.566. The van der Waals surface area contributed by atoms with Crippen LogP contribution < -0.4 is 0 Å². The number of rotatable bonds is 4. The molecule has 2 aromatic carbocycles. The van der Waals surface area contributed by atoms with E-state index in [1.807, 2.05) is 46.2 Å². The number of para-hydroxylation sites is 1. The van der Waals surface area contributed by atoms with E-state index in [0.717, 1.165) is 29.4 Å². The smallest absolute Gasteiger partial charge is 0.270 e. The molecule has 1 saturated carbocycles. The Bertz CT molecular complexity index is 1040. The Morgan fingerprint density at radius 3 is 2.21 bits per heavy atom. The molecule has 0 N–H and O–H groups in total. The van der Waals surface area contributed by atoms with Crippen molar-refractivity contribution in [3.05, 3.63) is 71.9 Å². The highest BCUT2D eigenvalue weighted by Crippen LogP contribution is 2.31. The fourth-order valence-electron chi connectivity index (χ4n) is 4.20. The van der Waals surface area contributed by atoms with Crippen molar-refractivity contribution in [1.29, 1.82) is 0 Å². The monoisotopic (exact) mass is 387 g/mol. The van der Waals surface area contributed by atoms with Crippen LogP contribution in [0.4, 0.5) is 0 Å². The second kappa shape index (κ2) is 7.39. The van der Waals surface area contributed by atoms with Crippen LogP contribution in [0, 0.1) is 5.92 Å². The maximum atomic E-state index is 13.4. The molecule has 3 aromatic rings. The van der Waals surface area contributed by atoms with E-state index in [2.05, 4.69) is 28.8 Å². The lowest BCUT2D eigenvalue weighted by molar-refractivity contribution is -0.134. The maximum Gasteiger partial charge on any atom is 0.270 e. The molecular weight excluding hydrogens is 362 g/mol. The number of carbonyl (C=O) groups excluding carboxylic acids is 2. The van der Waals surface area contributed by atoms with E-state index in [9.17, 15) is 9.59 Å². The van der Waals surface area contributed by atoms with Gasteiger partial charge in [0.05, 0.1) is 0 Å². The largest absolute Gasteiger partial charge is 0.339 e. The van der Waals surface area contributed by atoms with Crippen LogP contribution in [0.2, 0.25) is 0 Å². The van der Waals surface area contributed by atoms with Crippen molar-refractivity contribution in [2.45, 2.75) is 19.4 Å². The number of hydrogen-bond donors (Lipinski definition) is 0. The normalized spacial score (nSPS) is 17.0. The highest BCUT2D eigenvalue weighted by Gasteiger charge is 2.35. The van der Waals surface area contributed by atoms with Gasteiger partial charge in [0, 0.05) is 49.5 Å². The zero-order chi connectivity index (χ0) is 19.8. The number of carbonyl (C=O) groups is 2. The van der Waals surface area contributed by atoms with Crippen molar-refractivity contribution in [3.63, 3.8) is 0 Å². The SMILES string of the molecule is O=C(c1cc2ccccc2n1Cc1ccccc1)N1CCN(C(=O)C2CC2)CC1. The van der Waals surface area contributed by atoms with Gasteiger partial charge in [0.25, 0.3) is 5.91 Å². The molecule has 29 heavy (non-hydrogen) atoms. The lowest BCUT2D eigenvalue weighted by Crippen LogP contribution is -2.51. The van der Waals surface area contributed by atoms with E-state index in [-0.39, 0.29) is 17.7 Å². The summed E-state index contributed by atoms with van der Waals surface area (Å²) in [6, 6.07) is 20.4. The standard InChI is InChI=1S/C24H25N3O2/c28-23(19-10-11-19)25-12-14-26(15-13-25)24(29)22-16-20-8-4-5-9-21(20)27(22)17-18-6-2-1-3-7-18/h1-9,16,19H,10-15,17H2. The third-order valence-corrected chi connectivity index (χ3v) is 6.02. The van der Waals surface area contributed by atoms with Crippen LogP contribution in [0.15, 0.2) is 60.7 Å². The molecule has 2 aliphatic rings. The number of aromatic nitrogens is 1. The summed E-state index contributed by atoms with van der Waals surface area (Å²) in [5, 5.41) is 1.08. The lowest BCUT2D eigenvalue weighted by atomic mass is 10.2. The fraction of sp³-hybridized carbons (Fsp3) is 0.333. The molecule has 0 radical (unpaired) electrons. The Morgan fingerprint density at radius 1 is 0.828 bits per heavy atom. The first-order valence-electron chi connectivity index (χ1n) is 10.4. The van der Waals surface area contributed by atoms with E-state index in [1.54, 1.807) is 0 Å². The molecule has 5 heteroatoms. The highest BCUT2D eigenvalue weighted by atomic mass is 16.2. The summed E-state index contributed by atoms with van der Waals surface area (Å²) in [7, 11) is 0. The zero-order valence-electron chi connectivity index (χ0n) is 16.5. The molecule has 148 valence electrons. The van der Waals surface area contributed by atoms with Gasteiger partial charge in [-0.3, -0.25) is 9.59 Å². The number of benzene rings is 2. The molecule has 0 spiro atoms. The predicted molar refractivity (Wildman–Crippen MR) is 113 cm³/mol. The van der Waals surface area contributed by atoms with Crippen molar-refractivity contribution >= 4 is 22.7 Å². The molecule has 1 saturated heterocycles. The van der Waals surface area contributed by atoms with Crippen molar-refractivity contribution in [1.82, 2.24) is 14.4 Å². The van der Waals surface area contributed by atoms with Gasteiger partial charge >= 0.3 is 0 Å². The van der Waals surface area contributed by atoms with Crippen molar-refractivity contribution in [2.24, 2.45) is 5.92 Å². The fourth-order valence-corrected chi connectivity index (χ4v) is 4.20. The van der Waals surface area contributed by atoms with Crippen LogP contribution in [-0.2, 0) is 11.3 Å². The molecule has 2 heterocycles. The first kappa shape index (κ1) is 18.0. The van der Waals surface area contributed by atoms with E-state index in [0.29, 0.717) is 32.7 Å². The van der Waals surface area contributed by atoms with Gasteiger partial charge in [0.2, 0.25) is 5.91 Å². The van der Waals surface area contributed by atoms with Crippen LogP contribution in [0.25, 0.3) is 10.9 Å². The molecule has 0 atom stereocenters. The molecular formula is C24H25N3O2. The van der Waals surface area contributed by atoms with Crippen LogP contribution in [-0.4, -0.2) is 52.4 Å². The Balaban J connectivity index is 1.40. The van der Waals surface area contributed by atoms with Gasteiger partial charge in [-0.15, -0.1) is 0 Å². The Hall–Kier alpha value is -3.08. The van der Waals surface area contributed by atoms with E-state index in [4.69, 9.17) is 0 Å². The molecule has 1 aliphatic carbocycles. The van der Waals surface area contributed by atoms with Crippen LogP contribution >= 0.6 is 0 Å². The van der Waals surface area contributed by atoms with E-state index < -0.39 is 0 Å². The molecule has 5 rings (SSSR count). The second-order valence-electron chi connectivity index (χ2n) is 8.05. The van der Waals surface area contributed by atoms with Gasteiger partial charge in [-0.2, -0.15) is 0 Å². The minimum atomic E-state index is 0.0515. The lowest BCUT2D eigenvalue weighted by Gasteiger charge is -2.35. The second-order valence-corrected chi connectivity index (χ2v) is 8.05. The predicted octanol–water partition coefficient (Wildman–Crippen LogP) is 3.38. The third kappa shape index (κ3) is 3.53. The molecule has 1 aliphatic heterocycles. The van der Waals surface area contributed by atoms with Crippen molar-refractivity contribution < 1.29 is 9.59 Å². The number of piperazine rings is 1. The van der Waals surface area contributed by atoms with Crippen molar-refractivity contribution in [2.75, 3.05) is 26.2 Å².